The van der Waals surface area contributed by atoms with Gasteiger partial charge in [0.2, 0.25) is 0 Å². The maximum atomic E-state index is 13.0. The first-order chi connectivity index (χ1) is 15.9. The summed E-state index contributed by atoms with van der Waals surface area (Å²) >= 11 is 0. The fourth-order valence-electron chi connectivity index (χ4n) is 3.76. The third-order valence-electron chi connectivity index (χ3n) is 5.79. The number of alkyl halides is 2. The molecule has 3 nitrogen and oxygen atoms in total. The van der Waals surface area contributed by atoms with Crippen molar-refractivity contribution < 1.29 is 23.1 Å². The monoisotopic (exact) mass is 480 g/mol. The van der Waals surface area contributed by atoms with Gasteiger partial charge in [0, 0.05) is 13.7 Å². The number of rotatable bonds is 7. The van der Waals surface area contributed by atoms with Crippen LogP contribution in [0.25, 0.3) is 0 Å². The van der Waals surface area contributed by atoms with Crippen LogP contribution >= 0.6 is 8.15 Å². The Balaban J connectivity index is 0.000000212. The molecule has 0 amide bonds. The van der Waals surface area contributed by atoms with Crippen LogP contribution in [0.15, 0.2) is 42.5 Å². The van der Waals surface area contributed by atoms with E-state index in [1.807, 2.05) is 24.9 Å². The molecule has 2 fully saturated rings. The lowest BCUT2D eigenvalue weighted by atomic mass is 9.82. The summed E-state index contributed by atoms with van der Waals surface area (Å²) in [6.07, 6.45) is 9.45. The standard InChI is InChI=1S/C14H18F2O.C10H15O2P.C3H6/c1-17-11-7-8-12(14(15)16)13(9-11)10-5-3-2-4-6-10;1-12-10-5-3-4-9(8-10)6-7-13(2)11;1-2-3-1/h7-10,14H,2-6H2,1H3;3-5,8,11H,6-7H2,1-2H3;1-3H2. The molecule has 6 heteroatoms. The van der Waals surface area contributed by atoms with Gasteiger partial charge in [-0.1, -0.05) is 50.7 Å². The second kappa shape index (κ2) is 15.2. The molecule has 0 saturated heterocycles. The van der Waals surface area contributed by atoms with Crippen LogP contribution in [-0.2, 0) is 6.42 Å². The normalized spacial score (nSPS) is 16.1. The molecule has 0 spiro atoms. The summed E-state index contributed by atoms with van der Waals surface area (Å²) in [7, 11) is 2.46. The van der Waals surface area contributed by atoms with Crippen molar-refractivity contribution in [3.05, 3.63) is 59.2 Å². The molecule has 0 aromatic heterocycles. The molecule has 0 heterocycles. The zero-order valence-corrected chi connectivity index (χ0v) is 21.1. The van der Waals surface area contributed by atoms with Gasteiger partial charge in [-0.2, -0.15) is 0 Å². The van der Waals surface area contributed by atoms with Crippen LogP contribution in [0.4, 0.5) is 8.78 Å². The van der Waals surface area contributed by atoms with E-state index in [-0.39, 0.29) is 11.5 Å². The SMILES string of the molecule is C1CC1.COc1ccc(C(F)F)c(C2CCCCC2)c1.COc1cccc(CCP(C)O)c1. The molecule has 2 aromatic rings. The summed E-state index contributed by atoms with van der Waals surface area (Å²) in [6.45, 7) is 1.87. The molecule has 2 aromatic carbocycles. The molecule has 0 aliphatic heterocycles. The van der Waals surface area contributed by atoms with Crippen molar-refractivity contribution in [3.63, 3.8) is 0 Å². The fraction of sp³-hybridized carbons (Fsp3) is 0.556. The Bertz CT molecular complexity index is 803. The van der Waals surface area contributed by atoms with E-state index in [9.17, 15) is 13.7 Å². The maximum Gasteiger partial charge on any atom is 0.264 e. The van der Waals surface area contributed by atoms with E-state index in [2.05, 4.69) is 6.07 Å². The molecule has 4 rings (SSSR count). The van der Waals surface area contributed by atoms with Gasteiger partial charge in [-0.05, 0) is 79.5 Å². The second-order valence-corrected chi connectivity index (χ2v) is 10.4. The highest BCUT2D eigenvalue weighted by Crippen LogP contribution is 2.39. The molecule has 1 unspecified atom stereocenters. The number of hydrogen-bond acceptors (Lipinski definition) is 3. The van der Waals surface area contributed by atoms with Gasteiger partial charge >= 0.3 is 0 Å². The van der Waals surface area contributed by atoms with E-state index < -0.39 is 14.6 Å². The van der Waals surface area contributed by atoms with Gasteiger partial charge in [-0.15, -0.1) is 0 Å². The Hall–Kier alpha value is -1.71. The highest BCUT2D eigenvalue weighted by Gasteiger charge is 2.22. The maximum absolute atomic E-state index is 13.0. The van der Waals surface area contributed by atoms with Crippen molar-refractivity contribution in [2.75, 3.05) is 27.0 Å². The molecule has 0 bridgehead atoms. The molecule has 2 saturated carbocycles. The van der Waals surface area contributed by atoms with Crippen LogP contribution in [0.2, 0.25) is 0 Å². The molecular formula is C27H39F2O3P. The van der Waals surface area contributed by atoms with Gasteiger partial charge in [-0.3, -0.25) is 0 Å². The van der Waals surface area contributed by atoms with Crippen molar-refractivity contribution >= 4 is 8.15 Å². The van der Waals surface area contributed by atoms with Gasteiger partial charge in [0.1, 0.15) is 11.5 Å². The Morgan fingerprint density at radius 1 is 0.909 bits per heavy atom. The second-order valence-electron chi connectivity index (χ2n) is 8.67. The van der Waals surface area contributed by atoms with Crippen molar-refractivity contribution in [1.29, 1.82) is 0 Å². The Morgan fingerprint density at radius 2 is 1.52 bits per heavy atom. The molecule has 33 heavy (non-hydrogen) atoms. The first kappa shape index (κ1) is 27.5. The lowest BCUT2D eigenvalue weighted by Crippen LogP contribution is -2.08. The third kappa shape index (κ3) is 10.8. The first-order valence-electron chi connectivity index (χ1n) is 11.9. The molecule has 1 atom stereocenters. The van der Waals surface area contributed by atoms with Gasteiger partial charge in [0.15, 0.2) is 0 Å². The quantitative estimate of drug-likeness (QED) is 0.407. The van der Waals surface area contributed by atoms with E-state index in [0.29, 0.717) is 5.75 Å². The lowest BCUT2D eigenvalue weighted by molar-refractivity contribution is 0.149. The number of ether oxygens (including phenoxy) is 2. The van der Waals surface area contributed by atoms with Crippen LogP contribution in [0.3, 0.4) is 0 Å². The molecule has 1 N–H and O–H groups in total. The number of benzene rings is 2. The largest absolute Gasteiger partial charge is 0.497 e. The van der Waals surface area contributed by atoms with Crippen molar-refractivity contribution in [3.8, 4) is 11.5 Å². The summed E-state index contributed by atoms with van der Waals surface area (Å²) in [6, 6.07) is 12.9. The minimum Gasteiger partial charge on any atom is -0.497 e. The lowest BCUT2D eigenvalue weighted by Gasteiger charge is -2.24. The van der Waals surface area contributed by atoms with E-state index in [4.69, 9.17) is 9.47 Å². The molecular weight excluding hydrogens is 441 g/mol. The molecule has 2 aliphatic rings. The Morgan fingerprint density at radius 3 is 2.06 bits per heavy atom. The zero-order valence-electron chi connectivity index (χ0n) is 20.2. The average molecular weight is 481 g/mol. The zero-order chi connectivity index (χ0) is 24.1. The minimum atomic E-state index is -2.39. The average Bonchev–Trinajstić information content (AvgIpc) is 3.73. The predicted molar refractivity (Wildman–Crippen MR) is 134 cm³/mol. The van der Waals surface area contributed by atoms with Crippen LogP contribution in [-0.4, -0.2) is 31.9 Å². The number of halogens is 2. The van der Waals surface area contributed by atoms with Gasteiger partial charge in [-0.25, -0.2) is 8.78 Å². The van der Waals surface area contributed by atoms with Crippen molar-refractivity contribution in [2.45, 2.75) is 70.1 Å². The van der Waals surface area contributed by atoms with Crippen LogP contribution in [0, 0.1) is 0 Å². The van der Waals surface area contributed by atoms with Crippen LogP contribution in [0.5, 0.6) is 11.5 Å². The highest BCUT2D eigenvalue weighted by molar-refractivity contribution is 7.50. The summed E-state index contributed by atoms with van der Waals surface area (Å²) in [5.41, 5.74) is 2.19. The van der Waals surface area contributed by atoms with Crippen LogP contribution < -0.4 is 9.47 Å². The van der Waals surface area contributed by atoms with Gasteiger partial charge in [0.05, 0.1) is 14.2 Å². The Labute approximate surface area is 199 Å². The summed E-state index contributed by atoms with van der Waals surface area (Å²) in [5.74, 6) is 1.84. The van der Waals surface area contributed by atoms with Gasteiger partial charge in [0.25, 0.3) is 6.43 Å². The molecule has 0 radical (unpaired) electrons. The summed E-state index contributed by atoms with van der Waals surface area (Å²) < 4.78 is 36.2. The minimum absolute atomic E-state index is 0.178. The highest BCUT2D eigenvalue weighted by atomic mass is 31.1. The summed E-state index contributed by atoms with van der Waals surface area (Å²) in [4.78, 5) is 9.17. The van der Waals surface area contributed by atoms with E-state index >= 15 is 0 Å². The number of aryl methyl sites for hydroxylation is 1. The molecule has 184 valence electrons. The number of methoxy groups -OCH3 is 2. The fourth-order valence-corrected chi connectivity index (χ4v) is 4.35. The first-order valence-corrected chi connectivity index (χ1v) is 13.9. The van der Waals surface area contributed by atoms with Gasteiger partial charge < -0.3 is 14.4 Å². The summed E-state index contributed by atoms with van der Waals surface area (Å²) in [5, 5.41) is 0. The van der Waals surface area contributed by atoms with Crippen molar-refractivity contribution in [1.82, 2.24) is 0 Å². The van der Waals surface area contributed by atoms with Crippen LogP contribution in [0.1, 0.15) is 80.4 Å². The number of hydrogen-bond donors (Lipinski definition) is 1. The third-order valence-corrected chi connectivity index (χ3v) is 6.66. The van der Waals surface area contributed by atoms with E-state index in [1.165, 1.54) is 37.3 Å². The van der Waals surface area contributed by atoms with E-state index in [1.54, 1.807) is 26.4 Å². The topological polar surface area (TPSA) is 38.7 Å². The van der Waals surface area contributed by atoms with Crippen molar-refractivity contribution in [2.24, 2.45) is 0 Å². The predicted octanol–water partition coefficient (Wildman–Crippen LogP) is 8.11. The smallest absolute Gasteiger partial charge is 0.264 e. The Kier molecular flexibility index (Phi) is 12.7. The molecule has 2 aliphatic carbocycles. The van der Waals surface area contributed by atoms with E-state index in [0.717, 1.165) is 49.6 Å².